The first-order valence-corrected chi connectivity index (χ1v) is 13.9. The first kappa shape index (κ1) is 23.5. The number of hydrogen-bond acceptors (Lipinski definition) is 2. The standard InChI is InChI=1S/C39H24O2/c40-32(19-17-28-21-30-9-1-5-24-13-15-26-7-3-11-34(28)38(26)36(24)30)23-33(41)20-18-29-22-31-10-2-6-25-14-16-27-8-4-12-35(29)39(27)37(25)31/h1-22H,23H2/b19-17+,20-18+. The zero-order valence-electron chi connectivity index (χ0n) is 22.2. The molecule has 8 aromatic rings. The Morgan fingerprint density at radius 3 is 1.24 bits per heavy atom. The summed E-state index contributed by atoms with van der Waals surface area (Å²) >= 11 is 0. The van der Waals surface area contributed by atoms with Crippen LogP contribution in [0.1, 0.15) is 17.5 Å². The first-order chi connectivity index (χ1) is 20.1. The number of ketones is 2. The Bertz CT molecular complexity index is 2200. The van der Waals surface area contributed by atoms with Gasteiger partial charge in [0.15, 0.2) is 11.6 Å². The molecule has 0 unspecified atom stereocenters. The summed E-state index contributed by atoms with van der Waals surface area (Å²) in [5, 5.41) is 14.2. The van der Waals surface area contributed by atoms with Crippen molar-refractivity contribution in [1.29, 1.82) is 0 Å². The van der Waals surface area contributed by atoms with Crippen molar-refractivity contribution >= 4 is 88.4 Å². The van der Waals surface area contributed by atoms with Crippen LogP contribution in [-0.4, -0.2) is 11.6 Å². The van der Waals surface area contributed by atoms with Crippen LogP contribution in [0, 0.1) is 0 Å². The molecular weight excluding hydrogens is 500 g/mol. The van der Waals surface area contributed by atoms with E-state index in [4.69, 9.17) is 0 Å². The van der Waals surface area contributed by atoms with E-state index >= 15 is 0 Å². The Morgan fingerprint density at radius 1 is 0.439 bits per heavy atom. The van der Waals surface area contributed by atoms with Crippen LogP contribution >= 0.6 is 0 Å². The highest BCUT2D eigenvalue weighted by atomic mass is 16.1. The lowest BCUT2D eigenvalue weighted by molar-refractivity contribution is -0.121. The molecule has 0 amide bonds. The first-order valence-electron chi connectivity index (χ1n) is 13.9. The zero-order valence-corrected chi connectivity index (χ0v) is 22.2. The van der Waals surface area contributed by atoms with E-state index in [1.807, 2.05) is 12.2 Å². The third-order valence-corrected chi connectivity index (χ3v) is 8.33. The van der Waals surface area contributed by atoms with Gasteiger partial charge in [0.25, 0.3) is 0 Å². The molecule has 0 aromatic heterocycles. The Morgan fingerprint density at radius 2 is 0.805 bits per heavy atom. The minimum absolute atomic E-state index is 0.166. The van der Waals surface area contributed by atoms with Gasteiger partial charge in [0.1, 0.15) is 0 Å². The second-order valence-electron chi connectivity index (χ2n) is 10.8. The van der Waals surface area contributed by atoms with Crippen molar-refractivity contribution in [1.82, 2.24) is 0 Å². The summed E-state index contributed by atoms with van der Waals surface area (Å²) in [4.78, 5) is 25.8. The second-order valence-corrected chi connectivity index (χ2v) is 10.8. The molecule has 0 aliphatic heterocycles. The van der Waals surface area contributed by atoms with E-state index in [2.05, 4.69) is 109 Å². The zero-order chi connectivity index (χ0) is 27.5. The number of benzene rings is 8. The van der Waals surface area contributed by atoms with Gasteiger partial charge in [-0.15, -0.1) is 0 Å². The van der Waals surface area contributed by atoms with Crippen molar-refractivity contribution in [2.45, 2.75) is 6.42 Å². The van der Waals surface area contributed by atoms with Gasteiger partial charge in [0.2, 0.25) is 0 Å². The molecule has 192 valence electrons. The fourth-order valence-corrected chi connectivity index (χ4v) is 6.51. The van der Waals surface area contributed by atoms with Crippen molar-refractivity contribution in [3.63, 3.8) is 0 Å². The normalized spacial score (nSPS) is 12.5. The summed E-state index contributed by atoms with van der Waals surface area (Å²) in [7, 11) is 0. The molecule has 0 heterocycles. The summed E-state index contributed by atoms with van der Waals surface area (Å²) in [6, 6.07) is 38.0. The van der Waals surface area contributed by atoms with Crippen LogP contribution in [0.5, 0.6) is 0 Å². The van der Waals surface area contributed by atoms with Gasteiger partial charge in [-0.05, 0) is 100 Å². The van der Waals surface area contributed by atoms with Crippen LogP contribution in [0.3, 0.4) is 0 Å². The van der Waals surface area contributed by atoms with Crippen molar-refractivity contribution < 1.29 is 9.59 Å². The van der Waals surface area contributed by atoms with Gasteiger partial charge < -0.3 is 0 Å². The fraction of sp³-hybridized carbons (Fsp3) is 0.0256. The molecule has 0 radical (unpaired) electrons. The van der Waals surface area contributed by atoms with E-state index in [9.17, 15) is 9.59 Å². The maximum absolute atomic E-state index is 12.9. The van der Waals surface area contributed by atoms with Crippen molar-refractivity contribution in [3.8, 4) is 0 Å². The third-order valence-electron chi connectivity index (χ3n) is 8.33. The highest BCUT2D eigenvalue weighted by Gasteiger charge is 2.13. The van der Waals surface area contributed by atoms with Gasteiger partial charge in [-0.2, -0.15) is 0 Å². The lowest BCUT2D eigenvalue weighted by Crippen LogP contribution is -2.02. The van der Waals surface area contributed by atoms with E-state index < -0.39 is 0 Å². The van der Waals surface area contributed by atoms with Crippen LogP contribution in [-0.2, 0) is 9.59 Å². The fourth-order valence-electron chi connectivity index (χ4n) is 6.51. The molecule has 0 N–H and O–H groups in total. The SMILES string of the molecule is O=C(/C=C/c1cc2cccc3ccc4cccc1c4c32)CC(=O)/C=C/c1cc2cccc3ccc4cccc1c4c32. The quantitative estimate of drug-likeness (QED) is 0.123. The number of carbonyl (C=O) groups is 2. The van der Waals surface area contributed by atoms with E-state index in [0.29, 0.717) is 0 Å². The molecule has 8 aromatic carbocycles. The summed E-state index contributed by atoms with van der Waals surface area (Å²) < 4.78 is 0. The molecule has 2 nitrogen and oxygen atoms in total. The number of rotatable bonds is 6. The largest absolute Gasteiger partial charge is 0.294 e. The van der Waals surface area contributed by atoms with Crippen molar-refractivity contribution in [2.24, 2.45) is 0 Å². The lowest BCUT2D eigenvalue weighted by Gasteiger charge is -2.13. The van der Waals surface area contributed by atoms with Gasteiger partial charge in [-0.25, -0.2) is 0 Å². The van der Waals surface area contributed by atoms with Gasteiger partial charge in [0, 0.05) is 0 Å². The minimum atomic E-state index is -0.209. The summed E-state index contributed by atoms with van der Waals surface area (Å²) in [6.45, 7) is 0. The average molecular weight is 525 g/mol. The molecule has 41 heavy (non-hydrogen) atoms. The Hall–Kier alpha value is -5.34. The predicted molar refractivity (Wildman–Crippen MR) is 173 cm³/mol. The minimum Gasteiger partial charge on any atom is -0.294 e. The molecule has 0 aliphatic carbocycles. The summed E-state index contributed by atoms with van der Waals surface area (Å²) in [6.07, 6.45) is 6.63. The summed E-state index contributed by atoms with van der Waals surface area (Å²) in [5.74, 6) is -0.417. The van der Waals surface area contributed by atoms with E-state index in [0.717, 1.165) is 32.7 Å². The topological polar surface area (TPSA) is 34.1 Å². The number of allylic oxidation sites excluding steroid dienone is 2. The van der Waals surface area contributed by atoms with Crippen LogP contribution in [0.4, 0.5) is 0 Å². The number of hydrogen-bond donors (Lipinski definition) is 0. The second kappa shape index (κ2) is 9.11. The van der Waals surface area contributed by atoms with E-state index in [1.54, 1.807) is 12.2 Å². The molecule has 2 heteroatoms. The van der Waals surface area contributed by atoms with E-state index in [1.165, 1.54) is 43.1 Å². The molecule has 0 atom stereocenters. The molecule has 8 rings (SSSR count). The lowest BCUT2D eigenvalue weighted by atomic mass is 9.91. The highest BCUT2D eigenvalue weighted by Crippen LogP contribution is 2.38. The van der Waals surface area contributed by atoms with Crippen LogP contribution in [0.15, 0.2) is 121 Å². The predicted octanol–water partition coefficient (Wildman–Crippen LogP) is 9.74. The smallest absolute Gasteiger partial charge is 0.163 e. The van der Waals surface area contributed by atoms with Gasteiger partial charge in [-0.1, -0.05) is 109 Å². The van der Waals surface area contributed by atoms with Crippen LogP contribution in [0.2, 0.25) is 0 Å². The average Bonchev–Trinajstić information content (AvgIpc) is 3.00. The molecule has 0 aliphatic rings. The number of carbonyl (C=O) groups excluding carboxylic acids is 2. The summed E-state index contributed by atoms with van der Waals surface area (Å²) in [5.41, 5.74) is 1.96. The third kappa shape index (κ3) is 3.80. The van der Waals surface area contributed by atoms with Crippen LogP contribution < -0.4 is 0 Å². The van der Waals surface area contributed by atoms with Gasteiger partial charge in [-0.3, -0.25) is 9.59 Å². The Balaban J connectivity index is 1.09. The van der Waals surface area contributed by atoms with Gasteiger partial charge in [0.05, 0.1) is 6.42 Å². The molecule has 0 saturated carbocycles. The monoisotopic (exact) mass is 524 g/mol. The molecule has 0 fully saturated rings. The molecule has 0 spiro atoms. The molecule has 0 saturated heterocycles. The maximum atomic E-state index is 12.9. The molecular formula is C39H24O2. The van der Waals surface area contributed by atoms with E-state index in [-0.39, 0.29) is 18.0 Å². The maximum Gasteiger partial charge on any atom is 0.163 e. The Kier molecular flexibility index (Phi) is 5.23. The Labute approximate surface area is 236 Å². The highest BCUT2D eigenvalue weighted by molar-refractivity contribution is 6.26. The molecule has 0 bridgehead atoms. The van der Waals surface area contributed by atoms with Crippen LogP contribution in [0.25, 0.3) is 76.8 Å². The van der Waals surface area contributed by atoms with Crippen molar-refractivity contribution in [3.05, 3.63) is 132 Å². The van der Waals surface area contributed by atoms with Crippen molar-refractivity contribution in [2.75, 3.05) is 0 Å². The van der Waals surface area contributed by atoms with Gasteiger partial charge >= 0.3 is 0 Å².